The standard InChI is InChI=1S/C35H29ClF5N7O3/c36-26-9-6-23(16-27(26)46-15-1-14-43-46)28(20-51-29(49)17-33(12-13-33)35(39,40)41)48-30(50)34(45-32(48)42,11-10-21-2-3-21)25-7-4-22(5-8-25)24-18-44-47(19-24)31(37)38/h1,4-9,14-16,18-19,21,28,31H,2-3,12-13,17,20H2,(H2,42,45)/t28-,34-/m1/s1. The average molecular weight is 726 g/mol. The largest absolute Gasteiger partial charge is 0.463 e. The van der Waals surface area contributed by atoms with Crippen LogP contribution in [0.3, 0.4) is 0 Å². The molecule has 1 aliphatic heterocycles. The quantitative estimate of drug-likeness (QED) is 0.112. The van der Waals surface area contributed by atoms with Gasteiger partial charge >= 0.3 is 18.7 Å². The third kappa shape index (κ3) is 6.56. The van der Waals surface area contributed by atoms with E-state index in [0.29, 0.717) is 37.6 Å². The molecule has 3 aliphatic rings. The van der Waals surface area contributed by atoms with Crippen LogP contribution in [0, 0.1) is 23.2 Å². The SMILES string of the molecule is NC1=N[C@](C#CC2CC2)(c2ccc(-c3cnn(C(F)F)c3)cc2)C(=O)N1[C@H](COC(=O)CC1(C(F)(F)F)CC1)c1ccc(Cl)c(-n2cccn2)c1. The normalized spacial score (nSPS) is 20.2. The highest BCUT2D eigenvalue weighted by atomic mass is 35.5. The van der Waals surface area contributed by atoms with Crippen LogP contribution in [0.1, 0.15) is 55.8 Å². The van der Waals surface area contributed by atoms with E-state index in [9.17, 15) is 31.5 Å². The lowest BCUT2D eigenvalue weighted by molar-refractivity contribution is -0.195. The van der Waals surface area contributed by atoms with Crippen LogP contribution in [0.15, 0.2) is 78.3 Å². The number of carbonyl (C=O) groups is 2. The van der Waals surface area contributed by atoms with Crippen LogP contribution in [-0.2, 0) is 19.9 Å². The minimum absolute atomic E-state index is 0.0487. The third-order valence-corrected chi connectivity index (χ3v) is 9.61. The maximum absolute atomic E-state index is 14.7. The van der Waals surface area contributed by atoms with Gasteiger partial charge in [-0.15, -0.1) is 0 Å². The van der Waals surface area contributed by atoms with E-state index in [-0.39, 0.29) is 24.7 Å². The summed E-state index contributed by atoms with van der Waals surface area (Å²) in [5.41, 5.74) is 4.61. The number of rotatable bonds is 10. The van der Waals surface area contributed by atoms with Gasteiger partial charge in [0.05, 0.1) is 34.8 Å². The summed E-state index contributed by atoms with van der Waals surface area (Å²) in [6, 6.07) is 11.7. The van der Waals surface area contributed by atoms with E-state index >= 15 is 0 Å². The lowest BCUT2D eigenvalue weighted by Gasteiger charge is -2.30. The topological polar surface area (TPSA) is 121 Å². The van der Waals surface area contributed by atoms with Crippen LogP contribution < -0.4 is 5.73 Å². The number of benzene rings is 2. The molecule has 0 saturated heterocycles. The van der Waals surface area contributed by atoms with Crippen molar-refractivity contribution in [3.05, 3.63) is 89.5 Å². The molecule has 2 atom stereocenters. The first-order valence-corrected chi connectivity index (χ1v) is 16.3. The fourth-order valence-corrected chi connectivity index (χ4v) is 6.18. The number of aliphatic imine (C=N–C) groups is 1. The van der Waals surface area contributed by atoms with E-state index in [4.69, 9.17) is 22.1 Å². The molecule has 7 rings (SSSR count). The summed E-state index contributed by atoms with van der Waals surface area (Å²) in [7, 11) is 0. The molecule has 2 N–H and O–H groups in total. The molecule has 2 saturated carbocycles. The molecule has 2 aromatic heterocycles. The summed E-state index contributed by atoms with van der Waals surface area (Å²) < 4.78 is 74.7. The second-order valence-corrected chi connectivity index (χ2v) is 13.2. The minimum atomic E-state index is -4.57. The first-order valence-electron chi connectivity index (χ1n) is 16.0. The summed E-state index contributed by atoms with van der Waals surface area (Å²) in [5.74, 6) is 4.16. The maximum atomic E-state index is 14.7. The Morgan fingerprint density at radius 1 is 1.10 bits per heavy atom. The number of nitrogens with two attached hydrogens (primary N) is 1. The average Bonchev–Trinajstić information content (AvgIpc) is 3.93. The van der Waals surface area contributed by atoms with Crippen LogP contribution in [-0.4, -0.2) is 55.1 Å². The first kappa shape index (κ1) is 34.2. The molecule has 264 valence electrons. The number of guanidine groups is 1. The molecule has 0 bridgehead atoms. The molecule has 2 aromatic carbocycles. The number of hydrogen-bond acceptors (Lipinski definition) is 7. The number of hydrogen-bond donors (Lipinski definition) is 1. The van der Waals surface area contributed by atoms with Crippen molar-refractivity contribution < 1.29 is 36.3 Å². The predicted molar refractivity (Wildman–Crippen MR) is 174 cm³/mol. The Balaban J connectivity index is 1.25. The molecule has 16 heteroatoms. The number of amides is 1. The van der Waals surface area contributed by atoms with Gasteiger partial charge in [0.1, 0.15) is 6.61 Å². The maximum Gasteiger partial charge on any atom is 0.395 e. The molecule has 3 heterocycles. The Labute approximate surface area is 293 Å². The van der Waals surface area contributed by atoms with Crippen molar-refractivity contribution in [3.8, 4) is 28.7 Å². The summed E-state index contributed by atoms with van der Waals surface area (Å²) >= 11 is 6.49. The van der Waals surface area contributed by atoms with Crippen molar-refractivity contribution in [1.29, 1.82) is 0 Å². The van der Waals surface area contributed by atoms with Crippen molar-refractivity contribution in [2.75, 3.05) is 6.61 Å². The van der Waals surface area contributed by atoms with Gasteiger partial charge in [0, 0.05) is 35.6 Å². The Morgan fingerprint density at radius 3 is 2.45 bits per heavy atom. The summed E-state index contributed by atoms with van der Waals surface area (Å²) in [6.07, 6.45) is 1.54. The number of carbonyl (C=O) groups excluding carboxylic acids is 2. The number of esters is 1. The molecule has 10 nitrogen and oxygen atoms in total. The Hall–Kier alpha value is -5.23. The minimum Gasteiger partial charge on any atom is -0.463 e. The van der Waals surface area contributed by atoms with E-state index in [1.807, 2.05) is 0 Å². The summed E-state index contributed by atoms with van der Waals surface area (Å²) in [5, 5.41) is 8.20. The molecule has 0 radical (unpaired) electrons. The molecule has 1 amide bonds. The van der Waals surface area contributed by atoms with Gasteiger partial charge in [0.25, 0.3) is 5.91 Å². The summed E-state index contributed by atoms with van der Waals surface area (Å²) in [6.45, 7) is -3.38. The smallest absolute Gasteiger partial charge is 0.395 e. The molecule has 0 spiro atoms. The zero-order chi connectivity index (χ0) is 36.1. The Kier molecular flexibility index (Phi) is 8.61. The van der Waals surface area contributed by atoms with Gasteiger partial charge in [0.2, 0.25) is 11.5 Å². The third-order valence-electron chi connectivity index (χ3n) is 9.29. The van der Waals surface area contributed by atoms with Crippen LogP contribution >= 0.6 is 11.6 Å². The fourth-order valence-electron chi connectivity index (χ4n) is 5.98. The Morgan fingerprint density at radius 2 is 1.84 bits per heavy atom. The lowest BCUT2D eigenvalue weighted by Crippen LogP contribution is -2.46. The molecular formula is C35H29ClF5N7O3. The zero-order valence-electron chi connectivity index (χ0n) is 26.7. The molecule has 51 heavy (non-hydrogen) atoms. The van der Waals surface area contributed by atoms with Crippen LogP contribution in [0.25, 0.3) is 16.8 Å². The van der Waals surface area contributed by atoms with Crippen molar-refractivity contribution in [2.24, 2.45) is 22.1 Å². The second kappa shape index (κ2) is 12.8. The van der Waals surface area contributed by atoms with Gasteiger partial charge in [-0.2, -0.15) is 32.1 Å². The monoisotopic (exact) mass is 725 g/mol. The first-order chi connectivity index (χ1) is 24.3. The second-order valence-electron chi connectivity index (χ2n) is 12.8. The van der Waals surface area contributed by atoms with E-state index in [1.54, 1.807) is 54.7 Å². The molecule has 4 aromatic rings. The lowest BCUT2D eigenvalue weighted by atomic mass is 9.88. The predicted octanol–water partition coefficient (Wildman–Crippen LogP) is 6.57. The van der Waals surface area contributed by atoms with Gasteiger partial charge in [0.15, 0.2) is 0 Å². The van der Waals surface area contributed by atoms with Crippen LogP contribution in [0.5, 0.6) is 0 Å². The number of nitrogens with zero attached hydrogens (tertiary/aromatic N) is 6. The van der Waals surface area contributed by atoms with Crippen molar-refractivity contribution >= 4 is 29.4 Å². The van der Waals surface area contributed by atoms with E-state index in [0.717, 1.165) is 17.7 Å². The Bertz CT molecular complexity index is 2060. The summed E-state index contributed by atoms with van der Waals surface area (Å²) in [4.78, 5) is 33.3. The van der Waals surface area contributed by atoms with Gasteiger partial charge < -0.3 is 10.5 Å². The van der Waals surface area contributed by atoms with Gasteiger partial charge in [-0.3, -0.25) is 14.5 Å². The van der Waals surface area contributed by atoms with Crippen LogP contribution in [0.4, 0.5) is 22.0 Å². The molecule has 0 unspecified atom stereocenters. The highest BCUT2D eigenvalue weighted by molar-refractivity contribution is 6.32. The van der Waals surface area contributed by atoms with Gasteiger partial charge in [-0.25, -0.2) is 14.4 Å². The number of alkyl halides is 5. The van der Waals surface area contributed by atoms with Crippen LogP contribution in [0.2, 0.25) is 5.02 Å². The van der Waals surface area contributed by atoms with Crippen molar-refractivity contribution in [1.82, 2.24) is 24.5 Å². The highest BCUT2D eigenvalue weighted by Crippen LogP contribution is 2.60. The number of halogens is 6. The van der Waals surface area contributed by atoms with Gasteiger partial charge in [-0.1, -0.05) is 53.8 Å². The fraction of sp³-hybridized carbons (Fsp3) is 0.343. The highest BCUT2D eigenvalue weighted by Gasteiger charge is 2.64. The van der Waals surface area contributed by atoms with Crippen molar-refractivity contribution in [2.45, 2.75) is 56.4 Å². The molecule has 2 fully saturated rings. The molecule has 2 aliphatic carbocycles. The molecular weight excluding hydrogens is 697 g/mol. The van der Waals surface area contributed by atoms with E-state index in [1.165, 1.54) is 23.3 Å². The zero-order valence-corrected chi connectivity index (χ0v) is 27.4. The van der Waals surface area contributed by atoms with E-state index in [2.05, 4.69) is 27.0 Å². The number of ether oxygens (including phenoxy) is 1. The number of aromatic nitrogens is 4. The van der Waals surface area contributed by atoms with Gasteiger partial charge in [-0.05, 0) is 55.0 Å². The van der Waals surface area contributed by atoms with Crippen molar-refractivity contribution in [3.63, 3.8) is 0 Å². The van der Waals surface area contributed by atoms with E-state index < -0.39 is 54.6 Å².